The largest absolute Gasteiger partial charge is 0.434 e. The van der Waals surface area contributed by atoms with Crippen LogP contribution in [0.5, 0.6) is 0 Å². The highest BCUT2D eigenvalue weighted by Gasteiger charge is 2.16. The fourth-order valence-electron chi connectivity index (χ4n) is 2.31. The zero-order valence-electron chi connectivity index (χ0n) is 12.5. The van der Waals surface area contributed by atoms with Crippen molar-refractivity contribution in [3.63, 3.8) is 0 Å². The molecule has 1 aliphatic rings. The number of hydrogen-bond acceptors (Lipinski definition) is 7. The van der Waals surface area contributed by atoms with Crippen molar-refractivity contribution >= 4 is 27.9 Å². The van der Waals surface area contributed by atoms with Gasteiger partial charge in [0.05, 0.1) is 13.2 Å². The van der Waals surface area contributed by atoms with Crippen LogP contribution in [0.3, 0.4) is 0 Å². The predicted molar refractivity (Wildman–Crippen MR) is 85.6 cm³/mol. The zero-order valence-corrected chi connectivity index (χ0v) is 13.3. The minimum atomic E-state index is -0.648. The van der Waals surface area contributed by atoms with Crippen LogP contribution in [0.15, 0.2) is 33.8 Å². The normalized spacial score (nSPS) is 18.3. The lowest BCUT2D eigenvalue weighted by molar-refractivity contribution is -0.0130. The summed E-state index contributed by atoms with van der Waals surface area (Å²) in [5.41, 5.74) is 1.33. The Morgan fingerprint density at radius 3 is 2.96 bits per heavy atom. The van der Waals surface area contributed by atoms with Crippen LogP contribution in [0.2, 0.25) is 0 Å². The summed E-state index contributed by atoms with van der Waals surface area (Å²) in [6.07, 6.45) is -0.648. The van der Waals surface area contributed by atoms with Crippen LogP contribution in [0, 0.1) is 0 Å². The molecule has 0 radical (unpaired) electrons. The third-order valence-electron chi connectivity index (χ3n) is 3.45. The van der Waals surface area contributed by atoms with Gasteiger partial charge in [-0.1, -0.05) is 28.9 Å². The number of oxime groups is 1. The molecule has 7 nitrogen and oxygen atoms in total. The molecule has 1 aromatic heterocycles. The van der Waals surface area contributed by atoms with E-state index in [1.807, 2.05) is 18.2 Å². The molecule has 0 saturated carbocycles. The van der Waals surface area contributed by atoms with Gasteiger partial charge in [0.15, 0.2) is 5.58 Å². The number of halogens is 1. The number of aliphatic hydroxyl groups is 1. The Labute approximate surface area is 138 Å². The maximum absolute atomic E-state index is 9.94. The van der Waals surface area contributed by atoms with Crippen molar-refractivity contribution in [3.05, 3.63) is 30.2 Å². The standard InChI is InChI=1S/C15H18ClN3O4/c16-14(15-17-12-3-1-2-4-13(12)23-15)18-22-10-11(20)9-19-5-7-21-8-6-19/h1-4,11,20H,5-10H2/b18-14-. The van der Waals surface area contributed by atoms with Gasteiger partial charge in [-0.3, -0.25) is 4.90 Å². The molecule has 0 bridgehead atoms. The molecular weight excluding hydrogens is 322 g/mol. The lowest BCUT2D eigenvalue weighted by atomic mass is 10.3. The fraction of sp³-hybridized carbons (Fsp3) is 0.467. The second-order valence-corrected chi connectivity index (χ2v) is 5.59. The summed E-state index contributed by atoms with van der Waals surface area (Å²) in [5, 5.41) is 13.7. The lowest BCUT2D eigenvalue weighted by Crippen LogP contribution is -2.42. The number of fused-ring (bicyclic) bond motifs is 1. The summed E-state index contributed by atoms with van der Waals surface area (Å²) >= 11 is 6.01. The number of aliphatic hydroxyl groups excluding tert-OH is 1. The topological polar surface area (TPSA) is 80.3 Å². The minimum Gasteiger partial charge on any atom is -0.434 e. The van der Waals surface area contributed by atoms with Crippen molar-refractivity contribution in [2.75, 3.05) is 39.5 Å². The molecule has 124 valence electrons. The Hall–Kier alpha value is -1.67. The van der Waals surface area contributed by atoms with Crippen LogP contribution >= 0.6 is 11.6 Å². The quantitative estimate of drug-likeness (QED) is 0.633. The summed E-state index contributed by atoms with van der Waals surface area (Å²) in [6, 6.07) is 7.32. The smallest absolute Gasteiger partial charge is 0.261 e. The Morgan fingerprint density at radius 1 is 1.39 bits per heavy atom. The number of nitrogens with zero attached hydrogens (tertiary/aromatic N) is 3. The van der Waals surface area contributed by atoms with Crippen molar-refractivity contribution in [1.29, 1.82) is 0 Å². The summed E-state index contributed by atoms with van der Waals surface area (Å²) < 4.78 is 10.7. The molecule has 0 amide bonds. The molecule has 1 aliphatic heterocycles. The third-order valence-corrected chi connectivity index (χ3v) is 3.69. The van der Waals surface area contributed by atoms with E-state index in [4.69, 9.17) is 25.6 Å². The molecule has 2 aromatic rings. The van der Waals surface area contributed by atoms with Crippen LogP contribution in [0.1, 0.15) is 5.89 Å². The first-order valence-electron chi connectivity index (χ1n) is 7.42. The molecule has 0 aliphatic carbocycles. The van der Waals surface area contributed by atoms with E-state index in [-0.39, 0.29) is 17.7 Å². The molecule has 1 saturated heterocycles. The van der Waals surface area contributed by atoms with Gasteiger partial charge in [-0.15, -0.1) is 0 Å². The van der Waals surface area contributed by atoms with Crippen molar-refractivity contribution in [1.82, 2.24) is 9.88 Å². The van der Waals surface area contributed by atoms with Gasteiger partial charge in [0.1, 0.15) is 18.2 Å². The van der Waals surface area contributed by atoms with E-state index in [9.17, 15) is 5.11 Å². The highest BCUT2D eigenvalue weighted by atomic mass is 35.5. The van der Waals surface area contributed by atoms with Crippen LogP contribution in [0.25, 0.3) is 11.1 Å². The van der Waals surface area contributed by atoms with Gasteiger partial charge in [0.2, 0.25) is 5.17 Å². The Bertz CT molecular complexity index is 637. The van der Waals surface area contributed by atoms with E-state index in [2.05, 4.69) is 15.0 Å². The SMILES string of the molecule is OC(CO/N=C(\Cl)c1nc2ccccc2o1)CN1CCOCC1. The van der Waals surface area contributed by atoms with Gasteiger partial charge in [0, 0.05) is 19.6 Å². The second-order valence-electron chi connectivity index (χ2n) is 5.23. The highest BCUT2D eigenvalue weighted by Crippen LogP contribution is 2.16. The Morgan fingerprint density at radius 2 is 2.17 bits per heavy atom. The summed E-state index contributed by atoms with van der Waals surface area (Å²) in [6.45, 7) is 3.56. The number of hydrogen-bond donors (Lipinski definition) is 1. The number of para-hydroxylation sites is 2. The fourth-order valence-corrected chi connectivity index (χ4v) is 2.44. The number of oxazole rings is 1. The predicted octanol–water partition coefficient (Wildman–Crippen LogP) is 1.44. The van der Waals surface area contributed by atoms with E-state index >= 15 is 0 Å². The Kier molecular flexibility index (Phi) is 5.45. The maximum atomic E-state index is 9.94. The summed E-state index contributed by atoms with van der Waals surface area (Å²) in [7, 11) is 0. The zero-order chi connectivity index (χ0) is 16.1. The second kappa shape index (κ2) is 7.74. The van der Waals surface area contributed by atoms with E-state index in [1.165, 1.54) is 0 Å². The van der Waals surface area contributed by atoms with Crippen molar-refractivity contribution in [2.24, 2.45) is 5.16 Å². The number of rotatable bonds is 6. The number of β-amino-alcohol motifs (C(OH)–C–C–N with tert-alkyl or cyclic N) is 1. The van der Waals surface area contributed by atoms with E-state index in [1.54, 1.807) is 6.07 Å². The molecule has 1 fully saturated rings. The number of ether oxygens (including phenoxy) is 1. The molecule has 2 heterocycles. The van der Waals surface area contributed by atoms with E-state index < -0.39 is 6.10 Å². The summed E-state index contributed by atoms with van der Waals surface area (Å²) in [5.74, 6) is 0.190. The van der Waals surface area contributed by atoms with Gasteiger partial charge in [-0.05, 0) is 12.1 Å². The summed E-state index contributed by atoms with van der Waals surface area (Å²) in [4.78, 5) is 11.4. The van der Waals surface area contributed by atoms with Crippen molar-refractivity contribution < 1.29 is 19.1 Å². The average molecular weight is 340 g/mol. The maximum Gasteiger partial charge on any atom is 0.261 e. The first-order chi connectivity index (χ1) is 11.2. The van der Waals surface area contributed by atoms with E-state index in [0.717, 1.165) is 13.1 Å². The number of morpholine rings is 1. The molecule has 3 rings (SSSR count). The molecular formula is C15H18ClN3O4. The van der Waals surface area contributed by atoms with Crippen LogP contribution in [-0.4, -0.2) is 65.7 Å². The molecule has 23 heavy (non-hydrogen) atoms. The first-order valence-corrected chi connectivity index (χ1v) is 7.80. The van der Waals surface area contributed by atoms with Gasteiger partial charge < -0.3 is 19.1 Å². The van der Waals surface area contributed by atoms with Gasteiger partial charge in [-0.2, -0.15) is 0 Å². The first kappa shape index (κ1) is 16.2. The lowest BCUT2D eigenvalue weighted by Gasteiger charge is -2.28. The highest BCUT2D eigenvalue weighted by molar-refractivity contribution is 6.68. The molecule has 1 N–H and O–H groups in total. The van der Waals surface area contributed by atoms with Gasteiger partial charge in [-0.25, -0.2) is 4.98 Å². The average Bonchev–Trinajstić information content (AvgIpc) is 3.00. The van der Waals surface area contributed by atoms with Crippen molar-refractivity contribution in [3.8, 4) is 0 Å². The number of benzene rings is 1. The molecule has 1 unspecified atom stereocenters. The molecule has 1 atom stereocenters. The van der Waals surface area contributed by atoms with Crippen LogP contribution in [-0.2, 0) is 9.57 Å². The number of aromatic nitrogens is 1. The molecule has 8 heteroatoms. The minimum absolute atomic E-state index is 0.0137. The third kappa shape index (κ3) is 4.42. The Balaban J connectivity index is 1.50. The molecule has 0 spiro atoms. The molecule has 1 aromatic carbocycles. The van der Waals surface area contributed by atoms with Crippen molar-refractivity contribution in [2.45, 2.75) is 6.10 Å². The monoisotopic (exact) mass is 339 g/mol. The van der Waals surface area contributed by atoms with Gasteiger partial charge >= 0.3 is 0 Å². The van der Waals surface area contributed by atoms with Crippen LogP contribution in [0.4, 0.5) is 0 Å². The van der Waals surface area contributed by atoms with Gasteiger partial charge in [0.25, 0.3) is 5.89 Å². The van der Waals surface area contributed by atoms with E-state index in [0.29, 0.717) is 30.9 Å². The van der Waals surface area contributed by atoms with Crippen LogP contribution < -0.4 is 0 Å².